The SMILES string of the molecule is CNS(=O)(=O)c1cccc(OC[C@@H](O)CNC2COC3(CCN(S(=O)(=O)Cc4ccccc4)CC3)C2)c1. The van der Waals surface area contributed by atoms with E-state index in [1.165, 1.54) is 19.2 Å². The van der Waals surface area contributed by atoms with Crippen LogP contribution >= 0.6 is 0 Å². The van der Waals surface area contributed by atoms with Crippen LogP contribution in [-0.2, 0) is 30.5 Å². The molecule has 0 amide bonds. The fraction of sp³-hybridized carbons (Fsp3) is 0.520. The highest BCUT2D eigenvalue weighted by Gasteiger charge is 2.44. The maximum atomic E-state index is 12.8. The summed E-state index contributed by atoms with van der Waals surface area (Å²) in [7, 11) is -5.62. The van der Waals surface area contributed by atoms with Crippen molar-refractivity contribution in [2.45, 2.75) is 47.7 Å². The average Bonchev–Trinajstić information content (AvgIpc) is 3.29. The highest BCUT2D eigenvalue weighted by Crippen LogP contribution is 2.37. The van der Waals surface area contributed by atoms with Crippen molar-refractivity contribution < 1.29 is 31.4 Å². The second kappa shape index (κ2) is 11.8. The van der Waals surface area contributed by atoms with E-state index in [4.69, 9.17) is 9.47 Å². The molecule has 2 aromatic rings. The third kappa shape index (κ3) is 7.29. The van der Waals surface area contributed by atoms with E-state index in [2.05, 4.69) is 10.0 Å². The molecule has 3 N–H and O–H groups in total. The molecule has 2 atom stereocenters. The lowest BCUT2D eigenvalue weighted by molar-refractivity contribution is -0.0312. The van der Waals surface area contributed by atoms with Gasteiger partial charge in [0, 0.05) is 31.7 Å². The molecule has 0 aliphatic carbocycles. The Bertz CT molecular complexity index is 1250. The van der Waals surface area contributed by atoms with Gasteiger partial charge in [0.1, 0.15) is 18.5 Å². The minimum absolute atomic E-state index is 0.00142. The molecule has 10 nitrogen and oxygen atoms in total. The zero-order chi connectivity index (χ0) is 26.5. The Morgan fingerprint density at radius 2 is 1.84 bits per heavy atom. The number of piperidine rings is 1. The van der Waals surface area contributed by atoms with Crippen LogP contribution in [0.2, 0.25) is 0 Å². The van der Waals surface area contributed by atoms with Gasteiger partial charge in [-0.25, -0.2) is 25.9 Å². The molecular weight excluding hydrogens is 518 g/mol. The number of benzene rings is 2. The van der Waals surface area contributed by atoms with Crippen LogP contribution < -0.4 is 14.8 Å². The van der Waals surface area contributed by atoms with E-state index in [0.29, 0.717) is 38.3 Å². The number of hydrogen-bond donors (Lipinski definition) is 3. The summed E-state index contributed by atoms with van der Waals surface area (Å²) in [5, 5.41) is 13.7. The van der Waals surface area contributed by atoms with Gasteiger partial charge in [-0.05, 0) is 44.0 Å². The van der Waals surface area contributed by atoms with E-state index in [0.717, 1.165) is 12.0 Å². The number of rotatable bonds is 11. The van der Waals surface area contributed by atoms with Gasteiger partial charge in [0.2, 0.25) is 20.0 Å². The van der Waals surface area contributed by atoms with Gasteiger partial charge in [-0.15, -0.1) is 0 Å². The van der Waals surface area contributed by atoms with Gasteiger partial charge in [-0.1, -0.05) is 36.4 Å². The molecule has 0 saturated carbocycles. The molecule has 2 heterocycles. The number of aliphatic hydroxyl groups is 1. The van der Waals surface area contributed by atoms with Gasteiger partial charge in [-0.3, -0.25) is 0 Å². The molecule has 37 heavy (non-hydrogen) atoms. The van der Waals surface area contributed by atoms with E-state index in [9.17, 15) is 21.9 Å². The highest BCUT2D eigenvalue weighted by atomic mass is 32.2. The summed E-state index contributed by atoms with van der Waals surface area (Å²) in [6.07, 6.45) is 1.22. The minimum atomic E-state index is -3.58. The molecule has 2 aliphatic heterocycles. The molecule has 0 bridgehead atoms. The first-order valence-electron chi connectivity index (χ1n) is 12.3. The molecule has 4 rings (SSSR count). The first kappa shape index (κ1) is 28.0. The smallest absolute Gasteiger partial charge is 0.240 e. The Hall–Kier alpha value is -2.06. The fourth-order valence-corrected chi connectivity index (χ4v) is 7.07. The van der Waals surface area contributed by atoms with Gasteiger partial charge in [0.15, 0.2) is 0 Å². The first-order chi connectivity index (χ1) is 17.6. The monoisotopic (exact) mass is 553 g/mol. The zero-order valence-electron chi connectivity index (χ0n) is 20.9. The zero-order valence-corrected chi connectivity index (χ0v) is 22.5. The summed E-state index contributed by atoms with van der Waals surface area (Å²) in [5.74, 6) is 0.356. The van der Waals surface area contributed by atoms with Crippen molar-refractivity contribution in [3.63, 3.8) is 0 Å². The summed E-state index contributed by atoms with van der Waals surface area (Å²) in [5.41, 5.74) is 0.430. The normalized spacial score (nSPS) is 21.2. The Morgan fingerprint density at radius 3 is 2.54 bits per heavy atom. The van der Waals surface area contributed by atoms with Gasteiger partial charge >= 0.3 is 0 Å². The average molecular weight is 554 g/mol. The first-order valence-corrected chi connectivity index (χ1v) is 15.4. The maximum absolute atomic E-state index is 12.8. The third-order valence-electron chi connectivity index (χ3n) is 6.90. The van der Waals surface area contributed by atoms with Gasteiger partial charge < -0.3 is 19.9 Å². The predicted molar refractivity (Wildman–Crippen MR) is 139 cm³/mol. The molecule has 1 unspecified atom stereocenters. The lowest BCUT2D eigenvalue weighted by atomic mass is 9.88. The van der Waals surface area contributed by atoms with Crippen molar-refractivity contribution in [3.05, 3.63) is 60.2 Å². The van der Waals surface area contributed by atoms with Gasteiger partial charge in [0.25, 0.3) is 0 Å². The number of aliphatic hydroxyl groups excluding tert-OH is 1. The van der Waals surface area contributed by atoms with E-state index >= 15 is 0 Å². The number of nitrogens with zero attached hydrogens (tertiary/aromatic N) is 1. The van der Waals surface area contributed by atoms with Crippen LogP contribution in [0.25, 0.3) is 0 Å². The van der Waals surface area contributed by atoms with Gasteiger partial charge in [-0.2, -0.15) is 0 Å². The van der Waals surface area contributed by atoms with E-state index in [-0.39, 0.29) is 35.4 Å². The van der Waals surface area contributed by atoms with Crippen LogP contribution in [-0.4, -0.2) is 83.9 Å². The van der Waals surface area contributed by atoms with Gasteiger partial charge in [0.05, 0.1) is 22.9 Å². The van der Waals surface area contributed by atoms with Crippen molar-refractivity contribution >= 4 is 20.0 Å². The molecule has 12 heteroatoms. The lowest BCUT2D eigenvalue weighted by Gasteiger charge is -2.38. The summed E-state index contributed by atoms with van der Waals surface area (Å²) in [4.78, 5) is 0.0902. The van der Waals surface area contributed by atoms with E-state index in [1.54, 1.807) is 16.4 Å². The minimum Gasteiger partial charge on any atom is -0.491 e. The van der Waals surface area contributed by atoms with Crippen LogP contribution in [0.3, 0.4) is 0 Å². The Morgan fingerprint density at radius 1 is 1.11 bits per heavy atom. The Labute approximate surface area is 219 Å². The molecule has 204 valence electrons. The second-order valence-electron chi connectivity index (χ2n) is 9.59. The van der Waals surface area contributed by atoms with Crippen molar-refractivity contribution in [1.82, 2.24) is 14.3 Å². The number of nitrogens with one attached hydrogen (secondary N) is 2. The second-order valence-corrected chi connectivity index (χ2v) is 13.4. The number of sulfonamides is 2. The number of hydrogen-bond acceptors (Lipinski definition) is 8. The Balaban J connectivity index is 1.20. The standard InChI is InChI=1S/C25H35N3O7S2/c1-26-37(32,33)24-9-5-8-23(14-24)34-18-22(29)16-27-21-15-25(35-17-21)10-12-28(13-11-25)36(30,31)19-20-6-3-2-4-7-20/h2-9,14,21-22,26-27,29H,10-13,15-19H2,1H3/t21?,22-/m0/s1. The molecule has 0 radical (unpaired) electrons. The third-order valence-corrected chi connectivity index (χ3v) is 10.2. The molecule has 0 aromatic heterocycles. The van der Waals surface area contributed by atoms with Crippen molar-refractivity contribution in [3.8, 4) is 5.75 Å². The van der Waals surface area contributed by atoms with Crippen LogP contribution in [0.15, 0.2) is 59.5 Å². The predicted octanol–water partition coefficient (Wildman–Crippen LogP) is 1.08. The largest absolute Gasteiger partial charge is 0.491 e. The van der Waals surface area contributed by atoms with Crippen molar-refractivity contribution in [2.24, 2.45) is 0 Å². The maximum Gasteiger partial charge on any atom is 0.240 e. The molecule has 2 aliphatic rings. The molecular formula is C25H35N3O7S2. The fourth-order valence-electron chi connectivity index (χ4n) is 4.77. The van der Waals surface area contributed by atoms with Crippen molar-refractivity contribution in [1.29, 1.82) is 0 Å². The van der Waals surface area contributed by atoms with Crippen molar-refractivity contribution in [2.75, 3.05) is 39.9 Å². The topological polar surface area (TPSA) is 134 Å². The summed E-state index contributed by atoms with van der Waals surface area (Å²) in [6.45, 7) is 1.65. The summed E-state index contributed by atoms with van der Waals surface area (Å²) in [6, 6.07) is 15.3. The van der Waals surface area contributed by atoms with E-state index < -0.39 is 26.2 Å². The molecule has 2 fully saturated rings. The highest BCUT2D eigenvalue weighted by molar-refractivity contribution is 7.89. The molecule has 2 aromatic carbocycles. The summed E-state index contributed by atoms with van der Waals surface area (Å²) < 4.78 is 65.1. The van der Waals surface area contributed by atoms with Crippen LogP contribution in [0, 0.1) is 0 Å². The van der Waals surface area contributed by atoms with Crippen LogP contribution in [0.1, 0.15) is 24.8 Å². The number of ether oxygens (including phenoxy) is 2. The van der Waals surface area contributed by atoms with E-state index in [1.807, 2.05) is 30.3 Å². The molecule has 2 saturated heterocycles. The Kier molecular flexibility index (Phi) is 8.89. The summed E-state index contributed by atoms with van der Waals surface area (Å²) >= 11 is 0. The lowest BCUT2D eigenvalue weighted by Crippen LogP contribution is -2.47. The quantitative estimate of drug-likeness (QED) is 0.376. The van der Waals surface area contributed by atoms with Crippen LogP contribution in [0.4, 0.5) is 0 Å². The molecule has 1 spiro atoms. The van der Waals surface area contributed by atoms with Crippen LogP contribution in [0.5, 0.6) is 5.75 Å².